The molecule has 1 aliphatic carbocycles. The van der Waals surface area contributed by atoms with Gasteiger partial charge in [0.25, 0.3) is 0 Å². The van der Waals surface area contributed by atoms with Crippen molar-refractivity contribution in [2.24, 2.45) is 0 Å². The highest BCUT2D eigenvalue weighted by Crippen LogP contribution is 2.47. The van der Waals surface area contributed by atoms with Gasteiger partial charge in [-0.3, -0.25) is 4.79 Å². The summed E-state index contributed by atoms with van der Waals surface area (Å²) >= 11 is 0. The van der Waals surface area contributed by atoms with Crippen molar-refractivity contribution >= 4 is 5.91 Å². The van der Waals surface area contributed by atoms with Crippen LogP contribution in [0.3, 0.4) is 0 Å². The Morgan fingerprint density at radius 3 is 2.48 bits per heavy atom. The monoisotopic (exact) mass is 288 g/mol. The number of hydrogen-bond acceptors (Lipinski definition) is 2. The summed E-state index contributed by atoms with van der Waals surface area (Å²) in [6, 6.07) is 8.99. The fraction of sp³-hybridized carbons (Fsp3) is 0.611. The summed E-state index contributed by atoms with van der Waals surface area (Å²) in [7, 11) is 0. The van der Waals surface area contributed by atoms with E-state index in [1.807, 2.05) is 0 Å². The van der Waals surface area contributed by atoms with E-state index >= 15 is 0 Å². The first kappa shape index (κ1) is 16.0. The van der Waals surface area contributed by atoms with Gasteiger partial charge >= 0.3 is 0 Å². The number of hydrogen-bond donors (Lipinski definition) is 2. The molecule has 116 valence electrons. The second-order valence-electron chi connectivity index (χ2n) is 7.21. The molecule has 0 aromatic heterocycles. The lowest BCUT2D eigenvalue weighted by Crippen LogP contribution is -2.48. The summed E-state index contributed by atoms with van der Waals surface area (Å²) in [5, 5.41) is 6.83. The number of carbonyl (C=O) groups excluding carboxylic acids is 1. The molecule has 0 bridgehead atoms. The molecule has 3 nitrogen and oxygen atoms in total. The van der Waals surface area contributed by atoms with E-state index in [9.17, 15) is 4.79 Å². The maximum atomic E-state index is 11.3. The van der Waals surface area contributed by atoms with E-state index in [2.05, 4.69) is 62.6 Å². The Labute approximate surface area is 128 Å². The van der Waals surface area contributed by atoms with Crippen LogP contribution in [0, 0.1) is 6.92 Å². The molecule has 0 radical (unpaired) electrons. The topological polar surface area (TPSA) is 41.1 Å². The van der Waals surface area contributed by atoms with Crippen molar-refractivity contribution in [2.75, 3.05) is 0 Å². The van der Waals surface area contributed by atoms with Gasteiger partial charge in [0, 0.05) is 24.0 Å². The third kappa shape index (κ3) is 4.07. The van der Waals surface area contributed by atoms with Crippen molar-refractivity contribution in [1.29, 1.82) is 0 Å². The van der Waals surface area contributed by atoms with Gasteiger partial charge in [0.05, 0.1) is 0 Å². The average molecular weight is 288 g/mol. The molecule has 1 aromatic rings. The third-order valence-corrected chi connectivity index (χ3v) is 4.26. The first-order valence-electron chi connectivity index (χ1n) is 7.87. The highest BCUT2D eigenvalue weighted by atomic mass is 16.1. The van der Waals surface area contributed by atoms with Gasteiger partial charge in [0.1, 0.15) is 0 Å². The van der Waals surface area contributed by atoms with E-state index in [-0.39, 0.29) is 17.0 Å². The van der Waals surface area contributed by atoms with Crippen LogP contribution in [-0.4, -0.2) is 17.5 Å². The minimum atomic E-state index is -0.180. The summed E-state index contributed by atoms with van der Waals surface area (Å²) in [4.78, 5) is 11.3. The molecule has 0 spiro atoms. The Bertz CT molecular complexity index is 518. The van der Waals surface area contributed by atoms with Crippen LogP contribution < -0.4 is 10.6 Å². The van der Waals surface area contributed by atoms with Crippen molar-refractivity contribution in [1.82, 2.24) is 10.6 Å². The number of carbonyl (C=O) groups is 1. The fourth-order valence-corrected chi connectivity index (χ4v) is 3.54. The number of nitrogens with one attached hydrogen (secondary N) is 2. The van der Waals surface area contributed by atoms with Gasteiger partial charge in [-0.15, -0.1) is 0 Å². The Kier molecular flexibility index (Phi) is 4.43. The Balaban J connectivity index is 2.01. The van der Waals surface area contributed by atoms with E-state index in [1.54, 1.807) is 6.92 Å². The molecular weight excluding hydrogens is 260 g/mol. The van der Waals surface area contributed by atoms with Crippen molar-refractivity contribution in [3.63, 3.8) is 0 Å². The first-order valence-corrected chi connectivity index (χ1v) is 7.87. The Morgan fingerprint density at radius 2 is 1.95 bits per heavy atom. The molecule has 1 atom stereocenters. The van der Waals surface area contributed by atoms with E-state index in [1.165, 1.54) is 24.0 Å². The van der Waals surface area contributed by atoms with E-state index in [0.29, 0.717) is 6.04 Å². The largest absolute Gasteiger partial charge is 0.351 e. The zero-order valence-corrected chi connectivity index (χ0v) is 13.9. The van der Waals surface area contributed by atoms with Crippen LogP contribution in [0.4, 0.5) is 0 Å². The van der Waals surface area contributed by atoms with Crippen LogP contribution in [-0.2, 0) is 10.3 Å². The lowest BCUT2D eigenvalue weighted by molar-refractivity contribution is -0.120. The van der Waals surface area contributed by atoms with Gasteiger partial charge in [0.2, 0.25) is 5.91 Å². The normalized spacial score (nSPS) is 18.1. The molecule has 0 saturated heterocycles. The molecule has 0 aliphatic heterocycles. The van der Waals surface area contributed by atoms with Gasteiger partial charge in [-0.25, -0.2) is 0 Å². The van der Waals surface area contributed by atoms with Gasteiger partial charge in [-0.2, -0.15) is 0 Å². The van der Waals surface area contributed by atoms with Gasteiger partial charge < -0.3 is 10.6 Å². The van der Waals surface area contributed by atoms with Crippen molar-refractivity contribution < 1.29 is 4.79 Å². The number of benzene rings is 1. The lowest BCUT2D eigenvalue weighted by Gasteiger charge is -2.32. The molecule has 2 rings (SSSR count). The molecule has 1 aromatic carbocycles. The van der Waals surface area contributed by atoms with Crippen LogP contribution in [0.15, 0.2) is 24.3 Å². The molecule has 3 heteroatoms. The van der Waals surface area contributed by atoms with Crippen LogP contribution in [0.25, 0.3) is 0 Å². The summed E-state index contributed by atoms with van der Waals surface area (Å²) in [6.07, 6.45) is 3.31. The Morgan fingerprint density at radius 1 is 1.33 bits per heavy atom. The molecule has 0 unspecified atom stereocenters. The fourth-order valence-electron chi connectivity index (χ4n) is 3.54. The van der Waals surface area contributed by atoms with E-state index < -0.39 is 0 Å². The van der Waals surface area contributed by atoms with E-state index in [4.69, 9.17) is 0 Å². The second-order valence-corrected chi connectivity index (χ2v) is 7.21. The summed E-state index contributed by atoms with van der Waals surface area (Å²) < 4.78 is 0. The standard InChI is InChI=1S/C18H28N2O/c1-13-8-6-7-9-16(13)18(10-11-18)19-14(2)12-17(4,5)20-15(3)21/h6-9,14,19H,10-12H2,1-5H3,(H,20,21)/t14-/m0/s1. The van der Waals surface area contributed by atoms with Crippen molar-refractivity contribution in [3.05, 3.63) is 35.4 Å². The van der Waals surface area contributed by atoms with Crippen LogP contribution >= 0.6 is 0 Å². The summed E-state index contributed by atoms with van der Waals surface area (Å²) in [6.45, 7) is 10.1. The average Bonchev–Trinajstić information content (AvgIpc) is 3.07. The minimum absolute atomic E-state index is 0.0345. The molecule has 2 N–H and O–H groups in total. The molecule has 1 aliphatic rings. The number of amides is 1. The molecule has 21 heavy (non-hydrogen) atoms. The predicted octanol–water partition coefficient (Wildman–Crippen LogP) is 3.27. The van der Waals surface area contributed by atoms with E-state index in [0.717, 1.165) is 6.42 Å². The molecular formula is C18H28N2O. The van der Waals surface area contributed by atoms with Crippen molar-refractivity contribution in [2.45, 2.75) is 71.0 Å². The smallest absolute Gasteiger partial charge is 0.217 e. The lowest BCUT2D eigenvalue weighted by atomic mass is 9.93. The van der Waals surface area contributed by atoms with Crippen LogP contribution in [0.1, 0.15) is 58.1 Å². The summed E-state index contributed by atoms with van der Waals surface area (Å²) in [5.41, 5.74) is 2.75. The van der Waals surface area contributed by atoms with Gasteiger partial charge in [-0.05, 0) is 58.1 Å². The van der Waals surface area contributed by atoms with Crippen molar-refractivity contribution in [3.8, 4) is 0 Å². The highest BCUT2D eigenvalue weighted by Gasteiger charge is 2.45. The predicted molar refractivity (Wildman–Crippen MR) is 87.2 cm³/mol. The molecule has 1 fully saturated rings. The molecule has 1 saturated carbocycles. The zero-order chi connectivity index (χ0) is 15.7. The Hall–Kier alpha value is -1.35. The molecule has 1 amide bonds. The minimum Gasteiger partial charge on any atom is -0.351 e. The van der Waals surface area contributed by atoms with Crippen LogP contribution in [0.2, 0.25) is 0 Å². The first-order chi connectivity index (χ1) is 9.74. The third-order valence-electron chi connectivity index (χ3n) is 4.26. The maximum absolute atomic E-state index is 11.3. The van der Waals surface area contributed by atoms with Crippen LogP contribution in [0.5, 0.6) is 0 Å². The highest BCUT2D eigenvalue weighted by molar-refractivity contribution is 5.73. The van der Waals surface area contributed by atoms with Gasteiger partial charge in [-0.1, -0.05) is 24.3 Å². The zero-order valence-electron chi connectivity index (χ0n) is 13.9. The second kappa shape index (κ2) is 5.80. The number of rotatable bonds is 6. The maximum Gasteiger partial charge on any atom is 0.217 e. The SMILES string of the molecule is CC(=O)NC(C)(C)C[C@H](C)NC1(c2ccccc2C)CC1. The van der Waals surface area contributed by atoms with Gasteiger partial charge in [0.15, 0.2) is 0 Å². The quantitative estimate of drug-likeness (QED) is 0.843. The summed E-state index contributed by atoms with van der Waals surface area (Å²) in [5.74, 6) is 0.0345. The molecule has 0 heterocycles. The number of aryl methyl sites for hydroxylation is 1.